The van der Waals surface area contributed by atoms with Crippen LogP contribution in [0.5, 0.6) is 0 Å². The summed E-state index contributed by atoms with van der Waals surface area (Å²) in [6.45, 7) is 0. The Morgan fingerprint density at radius 2 is 1.97 bits per heavy atom. The number of nitriles is 1. The Labute approximate surface area is 175 Å². The highest BCUT2D eigenvalue weighted by molar-refractivity contribution is 5.91. The van der Waals surface area contributed by atoms with Crippen molar-refractivity contribution in [3.8, 4) is 6.07 Å². The largest absolute Gasteiger partial charge is 0.398 e. The molecule has 1 atom stereocenters. The van der Waals surface area contributed by atoms with E-state index in [-0.39, 0.29) is 30.0 Å². The highest BCUT2D eigenvalue weighted by Crippen LogP contribution is 2.58. The Bertz CT molecular complexity index is 1230. The molecule has 0 radical (unpaired) electrons. The van der Waals surface area contributed by atoms with Crippen LogP contribution in [0.25, 0.3) is 10.9 Å². The highest BCUT2D eigenvalue weighted by atomic mass is 19.4. The van der Waals surface area contributed by atoms with E-state index in [0.717, 1.165) is 12.8 Å². The van der Waals surface area contributed by atoms with Crippen molar-refractivity contribution in [3.05, 3.63) is 52.4 Å². The van der Waals surface area contributed by atoms with Crippen molar-refractivity contribution in [3.63, 3.8) is 0 Å². The maximum absolute atomic E-state index is 13.4. The lowest BCUT2D eigenvalue weighted by atomic mass is 9.95. The van der Waals surface area contributed by atoms with Crippen LogP contribution in [0.4, 0.5) is 24.7 Å². The van der Waals surface area contributed by atoms with Gasteiger partial charge in [-0.3, -0.25) is 9.48 Å². The predicted molar refractivity (Wildman–Crippen MR) is 109 cm³/mol. The summed E-state index contributed by atoms with van der Waals surface area (Å²) in [5, 5.41) is 17.3. The van der Waals surface area contributed by atoms with Gasteiger partial charge < -0.3 is 10.3 Å². The summed E-state index contributed by atoms with van der Waals surface area (Å²) in [6, 6.07) is 9.97. The molecule has 2 heterocycles. The fraction of sp³-hybridized carbons (Fsp3) is 0.409. The minimum atomic E-state index is -4.26. The van der Waals surface area contributed by atoms with E-state index < -0.39 is 11.6 Å². The van der Waals surface area contributed by atoms with E-state index in [4.69, 9.17) is 0 Å². The standard InChI is InChI=1S/C22H20F3N5O/c23-22(24,25)21(9-10-21)14-3-5-15(6-4-14)28-19-18-17(8-12-27-20(18)31)30(29-19)16(7-11-26)13-1-2-13/h3-6,8,12-13,16H,1-2,7,9-10H2,(H,27,31)(H,28,29)/t16-/m0/s1. The molecule has 2 aliphatic carbocycles. The van der Waals surface area contributed by atoms with Gasteiger partial charge in [0.1, 0.15) is 5.39 Å². The third-order valence-corrected chi connectivity index (χ3v) is 6.40. The number of nitrogens with one attached hydrogen (secondary N) is 2. The predicted octanol–water partition coefficient (Wildman–Crippen LogP) is 4.93. The van der Waals surface area contributed by atoms with Crippen LogP contribution in [0.3, 0.4) is 0 Å². The van der Waals surface area contributed by atoms with Crippen LogP contribution >= 0.6 is 0 Å². The monoisotopic (exact) mass is 427 g/mol. The molecule has 0 unspecified atom stereocenters. The maximum Gasteiger partial charge on any atom is 0.398 e. The van der Waals surface area contributed by atoms with E-state index >= 15 is 0 Å². The molecule has 2 aliphatic rings. The Morgan fingerprint density at radius 1 is 1.26 bits per heavy atom. The Balaban J connectivity index is 1.50. The number of hydrogen-bond donors (Lipinski definition) is 2. The van der Waals surface area contributed by atoms with Crippen molar-refractivity contribution in [2.45, 2.75) is 49.7 Å². The van der Waals surface area contributed by atoms with Crippen molar-refractivity contribution >= 4 is 22.4 Å². The molecule has 0 bridgehead atoms. The van der Waals surface area contributed by atoms with Gasteiger partial charge in [-0.15, -0.1) is 0 Å². The lowest BCUT2D eigenvalue weighted by Crippen LogP contribution is -2.28. The molecule has 3 aromatic rings. The summed E-state index contributed by atoms with van der Waals surface area (Å²) < 4.78 is 41.9. The van der Waals surface area contributed by atoms with Crippen molar-refractivity contribution < 1.29 is 13.2 Å². The van der Waals surface area contributed by atoms with Gasteiger partial charge >= 0.3 is 6.18 Å². The zero-order chi connectivity index (χ0) is 21.8. The third-order valence-electron chi connectivity index (χ3n) is 6.40. The van der Waals surface area contributed by atoms with E-state index in [1.165, 1.54) is 12.1 Å². The number of aromatic amines is 1. The smallest absolute Gasteiger partial charge is 0.338 e. The molecule has 1 aromatic carbocycles. The normalized spacial score (nSPS) is 18.5. The molecule has 5 rings (SSSR count). The summed E-state index contributed by atoms with van der Waals surface area (Å²) in [4.78, 5) is 15.2. The van der Waals surface area contributed by atoms with Crippen molar-refractivity contribution in [1.82, 2.24) is 14.8 Å². The van der Waals surface area contributed by atoms with Gasteiger partial charge in [-0.25, -0.2) is 0 Å². The second-order valence-corrected chi connectivity index (χ2v) is 8.41. The second kappa shape index (κ2) is 6.87. The quantitative estimate of drug-likeness (QED) is 0.584. The number of halogens is 3. The van der Waals surface area contributed by atoms with Crippen LogP contribution in [0, 0.1) is 17.2 Å². The van der Waals surface area contributed by atoms with Crippen molar-refractivity contribution in [2.24, 2.45) is 5.92 Å². The van der Waals surface area contributed by atoms with Gasteiger partial charge in [0.15, 0.2) is 5.82 Å². The van der Waals surface area contributed by atoms with Crippen molar-refractivity contribution in [2.75, 3.05) is 5.32 Å². The third kappa shape index (κ3) is 3.26. The van der Waals surface area contributed by atoms with Gasteiger partial charge in [-0.05, 0) is 55.4 Å². The van der Waals surface area contributed by atoms with E-state index in [1.54, 1.807) is 29.1 Å². The number of benzene rings is 1. The van der Waals surface area contributed by atoms with Gasteiger partial charge in [0.25, 0.3) is 5.56 Å². The molecular formula is C22H20F3N5O. The fourth-order valence-electron chi connectivity index (χ4n) is 4.34. The molecule has 0 amide bonds. The molecule has 0 spiro atoms. The first-order valence-electron chi connectivity index (χ1n) is 10.3. The van der Waals surface area contributed by atoms with E-state index in [9.17, 15) is 23.2 Å². The minimum absolute atomic E-state index is 0.106. The van der Waals surface area contributed by atoms with Gasteiger partial charge in [0, 0.05) is 11.9 Å². The SMILES string of the molecule is N#CC[C@@H](C1CC1)n1nc(Nc2ccc(C3(C(F)(F)F)CC3)cc2)c2c(=O)[nH]ccc21. The number of hydrogen-bond acceptors (Lipinski definition) is 4. The van der Waals surface area contributed by atoms with Gasteiger partial charge in [-0.1, -0.05) is 12.1 Å². The van der Waals surface area contributed by atoms with Crippen molar-refractivity contribution in [1.29, 1.82) is 5.26 Å². The first kappa shape index (κ1) is 19.7. The highest BCUT2D eigenvalue weighted by Gasteiger charge is 2.64. The number of pyridine rings is 1. The summed E-state index contributed by atoms with van der Waals surface area (Å²) in [6.07, 6.45) is -0.177. The maximum atomic E-state index is 13.4. The molecular weight excluding hydrogens is 407 g/mol. The summed E-state index contributed by atoms with van der Waals surface area (Å²) in [5.41, 5.74) is -0.625. The average molecular weight is 427 g/mol. The van der Waals surface area contributed by atoms with Gasteiger partial charge in [0.05, 0.1) is 29.5 Å². The Morgan fingerprint density at radius 3 is 2.55 bits per heavy atom. The zero-order valence-corrected chi connectivity index (χ0v) is 16.5. The molecule has 2 fully saturated rings. The molecule has 31 heavy (non-hydrogen) atoms. The minimum Gasteiger partial charge on any atom is -0.338 e. The molecule has 160 valence electrons. The molecule has 2 N–H and O–H groups in total. The van der Waals surface area contributed by atoms with E-state index in [1.807, 2.05) is 0 Å². The lowest BCUT2D eigenvalue weighted by Gasteiger charge is -2.19. The molecule has 6 nitrogen and oxygen atoms in total. The summed E-state index contributed by atoms with van der Waals surface area (Å²) in [7, 11) is 0. The average Bonchev–Trinajstić information content (AvgIpc) is 3.64. The molecule has 9 heteroatoms. The van der Waals surface area contributed by atoms with Crippen LogP contribution in [0.2, 0.25) is 0 Å². The summed E-state index contributed by atoms with van der Waals surface area (Å²) in [5.74, 6) is 0.677. The number of rotatable bonds is 6. The Kier molecular flexibility index (Phi) is 4.36. The Hall–Kier alpha value is -3.28. The lowest BCUT2D eigenvalue weighted by molar-refractivity contribution is -0.160. The fourth-order valence-corrected chi connectivity index (χ4v) is 4.34. The first-order chi connectivity index (χ1) is 14.8. The topological polar surface area (TPSA) is 86.5 Å². The number of H-pyrrole nitrogens is 1. The first-order valence-corrected chi connectivity index (χ1v) is 10.3. The van der Waals surface area contributed by atoms with Crippen LogP contribution < -0.4 is 10.9 Å². The number of alkyl halides is 3. The number of aromatic nitrogens is 3. The molecule has 2 saturated carbocycles. The van der Waals surface area contributed by atoms with Gasteiger partial charge in [0.2, 0.25) is 0 Å². The summed E-state index contributed by atoms with van der Waals surface area (Å²) >= 11 is 0. The van der Waals surface area contributed by atoms with Gasteiger partial charge in [-0.2, -0.15) is 23.5 Å². The van der Waals surface area contributed by atoms with Crippen LogP contribution in [-0.4, -0.2) is 20.9 Å². The zero-order valence-electron chi connectivity index (χ0n) is 16.5. The van der Waals surface area contributed by atoms with Crippen LogP contribution in [0.1, 0.15) is 43.7 Å². The van der Waals surface area contributed by atoms with Crippen LogP contribution in [-0.2, 0) is 5.41 Å². The van der Waals surface area contributed by atoms with Crippen LogP contribution in [0.15, 0.2) is 41.3 Å². The molecule has 0 aliphatic heterocycles. The molecule has 2 aromatic heterocycles. The number of fused-ring (bicyclic) bond motifs is 1. The number of nitrogens with zero attached hydrogens (tertiary/aromatic N) is 3. The van der Waals surface area contributed by atoms with E-state index in [2.05, 4.69) is 21.5 Å². The molecule has 0 saturated heterocycles. The second-order valence-electron chi connectivity index (χ2n) is 8.41. The number of anilines is 2. The van der Waals surface area contributed by atoms with E-state index in [0.29, 0.717) is 34.7 Å².